The van der Waals surface area contributed by atoms with Crippen molar-refractivity contribution in [3.8, 4) is 11.5 Å². The van der Waals surface area contributed by atoms with E-state index in [0.717, 1.165) is 0 Å². The largest absolute Gasteiger partial charge is 0.421 e. The molecule has 0 aliphatic heterocycles. The summed E-state index contributed by atoms with van der Waals surface area (Å²) in [6.07, 6.45) is 0.531. The molecule has 0 bridgehead atoms. The molecule has 0 aliphatic carbocycles. The third kappa shape index (κ3) is 3.93. The maximum atomic E-state index is 12.0. The van der Waals surface area contributed by atoms with E-state index in [1.54, 1.807) is 36.4 Å². The number of carbonyl (C=O) groups is 1. The van der Waals surface area contributed by atoms with Gasteiger partial charge in [0, 0.05) is 12.8 Å². The Kier molecular flexibility index (Phi) is 5.13. The Labute approximate surface area is 148 Å². The number of nitrogens with zero attached hydrogens (tertiary/aromatic N) is 2. The molecule has 2 aromatic carbocycles. The Morgan fingerprint density at radius 1 is 1.00 bits per heavy atom. The van der Waals surface area contributed by atoms with E-state index < -0.39 is 0 Å². The van der Waals surface area contributed by atoms with Crippen LogP contribution in [0.15, 0.2) is 52.9 Å². The summed E-state index contributed by atoms with van der Waals surface area (Å²) in [5, 5.41) is 11.7. The number of halogens is 2. The number of hydrogen-bond donors (Lipinski definition) is 1. The third-order valence-electron chi connectivity index (χ3n) is 3.28. The first-order valence-corrected chi connectivity index (χ1v) is 8.01. The molecule has 0 spiro atoms. The van der Waals surface area contributed by atoms with Crippen molar-refractivity contribution < 1.29 is 9.21 Å². The van der Waals surface area contributed by atoms with Gasteiger partial charge in [0.2, 0.25) is 17.7 Å². The molecule has 0 atom stereocenters. The van der Waals surface area contributed by atoms with Gasteiger partial charge in [0.1, 0.15) is 0 Å². The minimum Gasteiger partial charge on any atom is -0.421 e. The van der Waals surface area contributed by atoms with Crippen molar-refractivity contribution in [2.24, 2.45) is 0 Å². The van der Waals surface area contributed by atoms with Crippen molar-refractivity contribution in [2.75, 3.05) is 5.32 Å². The summed E-state index contributed by atoms with van der Waals surface area (Å²) in [4.78, 5) is 12.0. The van der Waals surface area contributed by atoms with Gasteiger partial charge in [-0.05, 0) is 24.3 Å². The van der Waals surface area contributed by atoms with E-state index in [4.69, 9.17) is 27.6 Å². The third-order valence-corrected chi connectivity index (χ3v) is 3.94. The Morgan fingerprint density at radius 3 is 2.46 bits per heavy atom. The highest BCUT2D eigenvalue weighted by atomic mass is 35.5. The molecular weight excluding hydrogens is 349 g/mol. The van der Waals surface area contributed by atoms with Crippen LogP contribution in [-0.2, 0) is 11.2 Å². The smallest absolute Gasteiger partial charge is 0.249 e. The summed E-state index contributed by atoms with van der Waals surface area (Å²) >= 11 is 12.1. The molecule has 7 heteroatoms. The highest BCUT2D eigenvalue weighted by molar-refractivity contribution is 6.33. The number of para-hydroxylation sites is 1. The van der Waals surface area contributed by atoms with Gasteiger partial charge in [-0.15, -0.1) is 10.2 Å². The monoisotopic (exact) mass is 361 g/mol. The molecule has 24 heavy (non-hydrogen) atoms. The molecule has 0 unspecified atom stereocenters. The lowest BCUT2D eigenvalue weighted by Crippen LogP contribution is -2.12. The van der Waals surface area contributed by atoms with Crippen molar-refractivity contribution in [2.45, 2.75) is 12.8 Å². The highest BCUT2D eigenvalue weighted by Crippen LogP contribution is 2.26. The molecule has 122 valence electrons. The number of carbonyl (C=O) groups excluding carboxylic acids is 1. The Hall–Kier alpha value is -2.37. The van der Waals surface area contributed by atoms with E-state index in [1.165, 1.54) is 0 Å². The number of nitrogens with one attached hydrogen (secondary N) is 1. The van der Waals surface area contributed by atoms with Crippen LogP contribution in [0.3, 0.4) is 0 Å². The van der Waals surface area contributed by atoms with Crippen molar-refractivity contribution in [1.29, 1.82) is 0 Å². The van der Waals surface area contributed by atoms with Gasteiger partial charge in [-0.1, -0.05) is 47.5 Å². The van der Waals surface area contributed by atoms with Crippen LogP contribution < -0.4 is 5.32 Å². The summed E-state index contributed by atoms with van der Waals surface area (Å²) in [5.74, 6) is 0.530. The summed E-state index contributed by atoms with van der Waals surface area (Å²) < 4.78 is 5.56. The molecule has 5 nitrogen and oxygen atoms in total. The molecular formula is C17H13Cl2N3O2. The van der Waals surface area contributed by atoms with Gasteiger partial charge >= 0.3 is 0 Å². The van der Waals surface area contributed by atoms with E-state index in [2.05, 4.69) is 15.5 Å². The number of benzene rings is 2. The molecule has 3 rings (SSSR count). The average molecular weight is 362 g/mol. The minimum atomic E-state index is -0.180. The summed E-state index contributed by atoms with van der Waals surface area (Å²) in [6, 6.07) is 14.3. The average Bonchev–Trinajstić information content (AvgIpc) is 3.04. The van der Waals surface area contributed by atoms with Crippen molar-refractivity contribution in [1.82, 2.24) is 10.2 Å². The molecule has 0 fully saturated rings. The van der Waals surface area contributed by atoms with Gasteiger partial charge in [-0.25, -0.2) is 0 Å². The summed E-state index contributed by atoms with van der Waals surface area (Å²) in [6.45, 7) is 0. The maximum absolute atomic E-state index is 12.0. The van der Waals surface area contributed by atoms with E-state index >= 15 is 0 Å². The Balaban J connectivity index is 1.61. The molecule has 1 N–H and O–H groups in total. The second-order valence-electron chi connectivity index (χ2n) is 5.01. The molecule has 0 saturated carbocycles. The quantitative estimate of drug-likeness (QED) is 0.719. The van der Waals surface area contributed by atoms with Gasteiger partial charge in [0.15, 0.2) is 0 Å². The fraction of sp³-hybridized carbons (Fsp3) is 0.118. The normalized spacial score (nSPS) is 10.6. The van der Waals surface area contributed by atoms with Crippen LogP contribution in [0.5, 0.6) is 0 Å². The van der Waals surface area contributed by atoms with Crippen LogP contribution in [0, 0.1) is 0 Å². The highest BCUT2D eigenvalue weighted by Gasteiger charge is 2.13. The van der Waals surface area contributed by atoms with Crippen LogP contribution in [0.2, 0.25) is 10.0 Å². The standard InChI is InChI=1S/C17H13Cl2N3O2/c18-12-6-2-1-5-11(12)17-22-21-16(24-17)10-9-15(23)20-14-8-4-3-7-13(14)19/h1-8H,9-10H2,(H,20,23). The fourth-order valence-corrected chi connectivity index (χ4v) is 2.49. The van der Waals surface area contributed by atoms with Crippen LogP contribution in [-0.4, -0.2) is 16.1 Å². The van der Waals surface area contributed by atoms with Crippen molar-refractivity contribution in [3.05, 3.63) is 64.5 Å². The number of amides is 1. The zero-order valence-corrected chi connectivity index (χ0v) is 14.0. The van der Waals surface area contributed by atoms with E-state index in [-0.39, 0.29) is 12.3 Å². The second-order valence-corrected chi connectivity index (χ2v) is 5.82. The van der Waals surface area contributed by atoms with E-state index in [1.807, 2.05) is 12.1 Å². The van der Waals surface area contributed by atoms with Crippen LogP contribution in [0.1, 0.15) is 12.3 Å². The maximum Gasteiger partial charge on any atom is 0.249 e. The first-order chi connectivity index (χ1) is 11.6. The lowest BCUT2D eigenvalue weighted by atomic mass is 10.2. The number of aryl methyl sites for hydroxylation is 1. The first kappa shape index (κ1) is 16.5. The molecule has 0 radical (unpaired) electrons. The molecule has 1 aromatic heterocycles. The van der Waals surface area contributed by atoms with Crippen molar-refractivity contribution >= 4 is 34.8 Å². The minimum absolute atomic E-state index is 0.180. The molecule has 0 saturated heterocycles. The van der Waals surface area contributed by atoms with E-state index in [9.17, 15) is 4.79 Å². The molecule has 1 amide bonds. The predicted octanol–water partition coefficient (Wildman–Crippen LogP) is 4.61. The number of anilines is 1. The molecule has 1 heterocycles. The van der Waals surface area contributed by atoms with Gasteiger partial charge in [0.25, 0.3) is 0 Å². The first-order valence-electron chi connectivity index (χ1n) is 7.25. The van der Waals surface area contributed by atoms with Gasteiger partial charge < -0.3 is 9.73 Å². The van der Waals surface area contributed by atoms with Crippen LogP contribution >= 0.6 is 23.2 Å². The number of aromatic nitrogens is 2. The lowest BCUT2D eigenvalue weighted by Gasteiger charge is -2.05. The predicted molar refractivity (Wildman–Crippen MR) is 93.1 cm³/mol. The fourth-order valence-electron chi connectivity index (χ4n) is 2.09. The SMILES string of the molecule is O=C(CCc1nnc(-c2ccccc2Cl)o1)Nc1ccccc1Cl. The van der Waals surface area contributed by atoms with Gasteiger partial charge in [-0.2, -0.15) is 0 Å². The Morgan fingerprint density at radius 2 is 1.71 bits per heavy atom. The van der Waals surface area contributed by atoms with E-state index in [0.29, 0.717) is 39.5 Å². The van der Waals surface area contributed by atoms with Crippen LogP contribution in [0.4, 0.5) is 5.69 Å². The summed E-state index contributed by atoms with van der Waals surface area (Å²) in [5.41, 5.74) is 1.24. The van der Waals surface area contributed by atoms with Gasteiger partial charge in [-0.3, -0.25) is 4.79 Å². The zero-order valence-electron chi connectivity index (χ0n) is 12.5. The molecule has 3 aromatic rings. The lowest BCUT2D eigenvalue weighted by molar-refractivity contribution is -0.116. The van der Waals surface area contributed by atoms with Gasteiger partial charge in [0.05, 0.1) is 21.3 Å². The summed E-state index contributed by atoms with van der Waals surface area (Å²) in [7, 11) is 0. The number of hydrogen-bond acceptors (Lipinski definition) is 4. The Bertz CT molecular complexity index is 864. The zero-order chi connectivity index (χ0) is 16.9. The topological polar surface area (TPSA) is 68.0 Å². The van der Waals surface area contributed by atoms with Crippen molar-refractivity contribution in [3.63, 3.8) is 0 Å². The second kappa shape index (κ2) is 7.47. The number of rotatable bonds is 5. The molecule has 0 aliphatic rings. The van der Waals surface area contributed by atoms with Crippen LogP contribution in [0.25, 0.3) is 11.5 Å².